The molecule has 0 amide bonds. The highest BCUT2D eigenvalue weighted by Gasteiger charge is 2.06. The lowest BCUT2D eigenvalue weighted by molar-refractivity contribution is 0.103. The number of benzene rings is 5. The van der Waals surface area contributed by atoms with Crippen molar-refractivity contribution in [2.24, 2.45) is 0 Å². The normalized spacial score (nSPS) is 11.5. The molecular formula is C32H22O2. The molecule has 0 heterocycles. The van der Waals surface area contributed by atoms with Gasteiger partial charge >= 0.3 is 0 Å². The lowest BCUT2D eigenvalue weighted by Crippen LogP contribution is -1.98. The Morgan fingerprint density at radius 3 is 1.24 bits per heavy atom. The van der Waals surface area contributed by atoms with Crippen molar-refractivity contribution in [3.8, 4) is 0 Å². The molecule has 0 saturated heterocycles. The van der Waals surface area contributed by atoms with E-state index in [0.29, 0.717) is 11.1 Å². The first-order valence-electron chi connectivity index (χ1n) is 11.2. The highest BCUT2D eigenvalue weighted by Crippen LogP contribution is 2.18. The number of allylic oxidation sites excluding steroid dienone is 2. The van der Waals surface area contributed by atoms with Gasteiger partial charge in [-0.05, 0) is 57.0 Å². The van der Waals surface area contributed by atoms with Crippen molar-refractivity contribution in [3.05, 3.63) is 144 Å². The van der Waals surface area contributed by atoms with Crippen molar-refractivity contribution in [1.82, 2.24) is 0 Å². The number of carbonyl (C=O) groups is 2. The monoisotopic (exact) mass is 438 g/mol. The Labute approximate surface area is 198 Å². The SMILES string of the molecule is O=C(/C=C/c1ccc2ccccc2c1)c1ccc(C(=O)/C=C/c2ccc3ccccc3c2)cc1. The predicted octanol–water partition coefficient (Wildman–Crippen LogP) is 7.79. The van der Waals surface area contributed by atoms with Crippen LogP contribution in [-0.4, -0.2) is 11.6 Å². The maximum atomic E-state index is 12.6. The molecule has 0 aliphatic heterocycles. The number of hydrogen-bond acceptors (Lipinski definition) is 2. The highest BCUT2D eigenvalue weighted by molar-refractivity contribution is 6.09. The van der Waals surface area contributed by atoms with Crippen LogP contribution in [0.1, 0.15) is 31.8 Å². The maximum absolute atomic E-state index is 12.6. The molecule has 0 spiro atoms. The largest absolute Gasteiger partial charge is 0.289 e. The molecule has 5 aromatic carbocycles. The van der Waals surface area contributed by atoms with E-state index in [1.54, 1.807) is 36.4 Å². The van der Waals surface area contributed by atoms with Gasteiger partial charge in [-0.3, -0.25) is 9.59 Å². The van der Waals surface area contributed by atoms with Crippen LogP contribution in [0.4, 0.5) is 0 Å². The lowest BCUT2D eigenvalue weighted by atomic mass is 10.0. The third-order valence-corrected chi connectivity index (χ3v) is 5.86. The van der Waals surface area contributed by atoms with Gasteiger partial charge in [0, 0.05) is 11.1 Å². The summed E-state index contributed by atoms with van der Waals surface area (Å²) in [7, 11) is 0. The zero-order valence-electron chi connectivity index (χ0n) is 18.5. The molecule has 0 radical (unpaired) electrons. The Hall–Kier alpha value is -4.56. The average molecular weight is 439 g/mol. The third-order valence-electron chi connectivity index (χ3n) is 5.86. The summed E-state index contributed by atoms with van der Waals surface area (Å²) in [4.78, 5) is 25.2. The second-order valence-electron chi connectivity index (χ2n) is 8.19. The van der Waals surface area contributed by atoms with Crippen molar-refractivity contribution in [2.75, 3.05) is 0 Å². The van der Waals surface area contributed by atoms with Gasteiger partial charge < -0.3 is 0 Å². The molecule has 0 aliphatic carbocycles. The summed E-state index contributed by atoms with van der Waals surface area (Å²) in [6.45, 7) is 0. The summed E-state index contributed by atoms with van der Waals surface area (Å²) in [5.74, 6) is -0.197. The molecule has 0 saturated carbocycles. The van der Waals surface area contributed by atoms with E-state index in [-0.39, 0.29) is 11.6 Å². The molecule has 0 atom stereocenters. The number of rotatable bonds is 6. The smallest absolute Gasteiger partial charge is 0.185 e. The maximum Gasteiger partial charge on any atom is 0.185 e. The fourth-order valence-electron chi connectivity index (χ4n) is 3.96. The summed E-state index contributed by atoms with van der Waals surface area (Å²) < 4.78 is 0. The first-order valence-corrected chi connectivity index (χ1v) is 11.2. The summed E-state index contributed by atoms with van der Waals surface area (Å²) in [6, 6.07) is 35.3. The van der Waals surface area contributed by atoms with Crippen LogP contribution in [0.5, 0.6) is 0 Å². The van der Waals surface area contributed by atoms with E-state index in [1.807, 2.05) is 60.7 Å². The standard InChI is InChI=1S/C32H22O2/c33-31(19-11-23-9-13-25-5-1-3-7-29(25)21-23)27-15-17-28(18-16-27)32(34)20-12-24-10-14-26-6-2-4-8-30(26)22-24/h1-22H/b19-11+,20-12+. The van der Waals surface area contributed by atoms with Crippen molar-refractivity contribution >= 4 is 45.3 Å². The molecular weight excluding hydrogens is 416 g/mol. The lowest BCUT2D eigenvalue weighted by Gasteiger charge is -2.01. The molecule has 162 valence electrons. The van der Waals surface area contributed by atoms with Crippen molar-refractivity contribution < 1.29 is 9.59 Å². The quantitative estimate of drug-likeness (QED) is 0.200. The number of carbonyl (C=O) groups excluding carboxylic acids is 2. The Morgan fingerprint density at radius 1 is 0.441 bits per heavy atom. The van der Waals surface area contributed by atoms with Gasteiger partial charge in [0.15, 0.2) is 11.6 Å². The second kappa shape index (κ2) is 9.51. The molecule has 5 rings (SSSR count). The first-order chi connectivity index (χ1) is 16.7. The van der Waals surface area contributed by atoms with E-state index >= 15 is 0 Å². The minimum absolute atomic E-state index is 0.0983. The molecule has 0 fully saturated rings. The molecule has 0 aromatic heterocycles. The van der Waals surface area contributed by atoms with Crippen LogP contribution in [0.25, 0.3) is 33.7 Å². The topological polar surface area (TPSA) is 34.1 Å². The van der Waals surface area contributed by atoms with Gasteiger partial charge in [0.1, 0.15) is 0 Å². The van der Waals surface area contributed by atoms with Crippen molar-refractivity contribution in [1.29, 1.82) is 0 Å². The van der Waals surface area contributed by atoms with E-state index in [1.165, 1.54) is 10.8 Å². The third kappa shape index (κ3) is 4.77. The first kappa shape index (κ1) is 21.3. The summed E-state index contributed by atoms with van der Waals surface area (Å²) >= 11 is 0. The minimum atomic E-state index is -0.0983. The van der Waals surface area contributed by atoms with Crippen molar-refractivity contribution in [2.45, 2.75) is 0 Å². The van der Waals surface area contributed by atoms with E-state index < -0.39 is 0 Å². The molecule has 2 nitrogen and oxygen atoms in total. The molecule has 34 heavy (non-hydrogen) atoms. The van der Waals surface area contributed by atoms with Crippen LogP contribution in [0, 0.1) is 0 Å². The van der Waals surface area contributed by atoms with Crippen LogP contribution in [0.3, 0.4) is 0 Å². The Morgan fingerprint density at radius 2 is 0.824 bits per heavy atom. The van der Waals surface area contributed by atoms with E-state index in [4.69, 9.17) is 0 Å². The number of ketones is 2. The van der Waals surface area contributed by atoms with E-state index in [0.717, 1.165) is 21.9 Å². The Kier molecular flexibility index (Phi) is 5.96. The predicted molar refractivity (Wildman–Crippen MR) is 141 cm³/mol. The van der Waals surface area contributed by atoms with Gasteiger partial charge in [-0.25, -0.2) is 0 Å². The zero-order valence-corrected chi connectivity index (χ0v) is 18.5. The summed E-state index contributed by atoms with van der Waals surface area (Å²) in [6.07, 6.45) is 6.78. The fourth-order valence-corrected chi connectivity index (χ4v) is 3.96. The highest BCUT2D eigenvalue weighted by atomic mass is 16.1. The van der Waals surface area contributed by atoms with Gasteiger partial charge in [-0.2, -0.15) is 0 Å². The van der Waals surface area contributed by atoms with Crippen LogP contribution < -0.4 is 0 Å². The van der Waals surface area contributed by atoms with Crippen LogP contribution in [0.15, 0.2) is 121 Å². The fraction of sp³-hybridized carbons (Fsp3) is 0. The van der Waals surface area contributed by atoms with Crippen LogP contribution in [0.2, 0.25) is 0 Å². The molecule has 0 bridgehead atoms. The van der Waals surface area contributed by atoms with Gasteiger partial charge in [-0.1, -0.05) is 109 Å². The molecule has 0 aliphatic rings. The summed E-state index contributed by atoms with van der Waals surface area (Å²) in [5.41, 5.74) is 3.04. The molecule has 0 N–H and O–H groups in total. The van der Waals surface area contributed by atoms with Gasteiger partial charge in [0.25, 0.3) is 0 Å². The average Bonchev–Trinajstić information content (AvgIpc) is 2.90. The van der Waals surface area contributed by atoms with Gasteiger partial charge in [-0.15, -0.1) is 0 Å². The Balaban J connectivity index is 1.26. The zero-order chi connectivity index (χ0) is 23.3. The molecule has 5 aromatic rings. The molecule has 2 heteroatoms. The van der Waals surface area contributed by atoms with E-state index in [2.05, 4.69) is 36.4 Å². The summed E-state index contributed by atoms with van der Waals surface area (Å²) in [5, 5.41) is 4.61. The van der Waals surface area contributed by atoms with Crippen LogP contribution in [-0.2, 0) is 0 Å². The van der Waals surface area contributed by atoms with E-state index in [9.17, 15) is 9.59 Å². The van der Waals surface area contributed by atoms with Gasteiger partial charge in [0.05, 0.1) is 0 Å². The van der Waals surface area contributed by atoms with Gasteiger partial charge in [0.2, 0.25) is 0 Å². The van der Waals surface area contributed by atoms with Crippen LogP contribution >= 0.6 is 0 Å². The minimum Gasteiger partial charge on any atom is -0.289 e. The number of hydrogen-bond donors (Lipinski definition) is 0. The van der Waals surface area contributed by atoms with Crippen molar-refractivity contribution in [3.63, 3.8) is 0 Å². The molecule has 0 unspecified atom stereocenters. The second-order valence-corrected chi connectivity index (χ2v) is 8.19. The number of fused-ring (bicyclic) bond motifs is 2. The Bertz CT molecular complexity index is 1450.